The summed E-state index contributed by atoms with van der Waals surface area (Å²) in [6, 6.07) is -0.282. The van der Waals surface area contributed by atoms with Crippen LogP contribution in [-0.2, 0) is 14.3 Å². The number of carboxylic acids is 1. The van der Waals surface area contributed by atoms with Crippen molar-refractivity contribution in [2.24, 2.45) is 5.73 Å². The summed E-state index contributed by atoms with van der Waals surface area (Å²) in [4.78, 5) is 21.0. The fraction of sp³-hybridized carbons (Fsp3) is 0.750. The van der Waals surface area contributed by atoms with E-state index in [1.165, 1.54) is 0 Å². The van der Waals surface area contributed by atoms with E-state index in [1.807, 2.05) is 6.92 Å². The maximum absolute atomic E-state index is 10.9. The van der Waals surface area contributed by atoms with Crippen molar-refractivity contribution in [3.8, 4) is 0 Å². The van der Waals surface area contributed by atoms with E-state index in [-0.39, 0.29) is 12.6 Å². The van der Waals surface area contributed by atoms with Crippen LogP contribution in [0.5, 0.6) is 0 Å². The summed E-state index contributed by atoms with van der Waals surface area (Å²) in [5.41, 5.74) is 5.45. The molecule has 0 saturated carbocycles. The molecule has 6 heteroatoms. The molecule has 0 radical (unpaired) electrons. The van der Waals surface area contributed by atoms with Crippen LogP contribution >= 0.6 is 0 Å². The first-order valence-electron chi connectivity index (χ1n) is 4.29. The number of aliphatic hydroxyl groups excluding tert-OH is 1. The van der Waals surface area contributed by atoms with E-state index in [0.29, 0.717) is 6.42 Å². The number of hydrogen-bond acceptors (Lipinski definition) is 5. The van der Waals surface area contributed by atoms with Crippen molar-refractivity contribution in [2.45, 2.75) is 31.9 Å². The zero-order chi connectivity index (χ0) is 11.1. The Morgan fingerprint density at radius 2 is 2.07 bits per heavy atom. The maximum Gasteiger partial charge on any atom is 0.335 e. The largest absolute Gasteiger partial charge is 0.481 e. The Kier molecular flexibility index (Phi) is 5.82. The summed E-state index contributed by atoms with van der Waals surface area (Å²) >= 11 is 0. The third-order valence-corrected chi connectivity index (χ3v) is 1.60. The topological polar surface area (TPSA) is 110 Å². The van der Waals surface area contributed by atoms with Crippen LogP contribution in [0.25, 0.3) is 0 Å². The Hall–Kier alpha value is -1.14. The number of carbonyl (C=O) groups is 2. The lowest BCUT2D eigenvalue weighted by Crippen LogP contribution is -2.32. The first-order valence-corrected chi connectivity index (χ1v) is 4.29. The lowest BCUT2D eigenvalue weighted by atomic mass is 10.2. The van der Waals surface area contributed by atoms with Gasteiger partial charge in [-0.15, -0.1) is 0 Å². The van der Waals surface area contributed by atoms with Crippen molar-refractivity contribution < 1.29 is 24.5 Å². The molecule has 0 aliphatic carbocycles. The van der Waals surface area contributed by atoms with Crippen molar-refractivity contribution in [1.29, 1.82) is 0 Å². The van der Waals surface area contributed by atoms with Crippen LogP contribution in [0.1, 0.15) is 19.8 Å². The highest BCUT2D eigenvalue weighted by Crippen LogP contribution is 1.97. The van der Waals surface area contributed by atoms with Gasteiger partial charge in [-0.05, 0) is 6.42 Å². The Morgan fingerprint density at radius 3 is 2.50 bits per heavy atom. The quantitative estimate of drug-likeness (QED) is 0.485. The summed E-state index contributed by atoms with van der Waals surface area (Å²) in [7, 11) is 0. The average Bonchev–Trinajstić information content (AvgIpc) is 2.12. The SMILES string of the molecule is CCC(N)COC(=O)[C@H](O)CC(=O)O. The van der Waals surface area contributed by atoms with Crippen LogP contribution in [0.4, 0.5) is 0 Å². The molecule has 0 rings (SSSR count). The van der Waals surface area contributed by atoms with Crippen molar-refractivity contribution in [3.05, 3.63) is 0 Å². The van der Waals surface area contributed by atoms with E-state index in [1.54, 1.807) is 0 Å². The van der Waals surface area contributed by atoms with Gasteiger partial charge in [0, 0.05) is 6.04 Å². The highest BCUT2D eigenvalue weighted by atomic mass is 16.5. The van der Waals surface area contributed by atoms with Gasteiger partial charge < -0.3 is 20.7 Å². The second-order valence-electron chi connectivity index (χ2n) is 2.91. The van der Waals surface area contributed by atoms with Gasteiger partial charge in [-0.1, -0.05) is 6.92 Å². The van der Waals surface area contributed by atoms with Crippen LogP contribution in [0, 0.1) is 0 Å². The standard InChI is InChI=1S/C8H15NO5/c1-2-5(9)4-14-8(13)6(10)3-7(11)12/h5-6,10H,2-4,9H2,1H3,(H,11,12)/t5?,6-/m1/s1. The summed E-state index contributed by atoms with van der Waals surface area (Å²) in [5, 5.41) is 17.2. The van der Waals surface area contributed by atoms with Gasteiger partial charge in [0.25, 0.3) is 0 Å². The monoisotopic (exact) mass is 205 g/mol. The molecule has 0 aliphatic heterocycles. The molecular formula is C8H15NO5. The lowest BCUT2D eigenvalue weighted by Gasteiger charge is -2.11. The maximum atomic E-state index is 10.9. The Morgan fingerprint density at radius 1 is 1.50 bits per heavy atom. The predicted octanol–water partition coefficient (Wildman–Crippen LogP) is -0.897. The Labute approximate surface area is 81.7 Å². The minimum Gasteiger partial charge on any atom is -0.481 e. The summed E-state index contributed by atoms with van der Waals surface area (Å²) < 4.78 is 4.58. The van der Waals surface area contributed by atoms with E-state index in [0.717, 1.165) is 0 Å². The molecule has 82 valence electrons. The van der Waals surface area contributed by atoms with E-state index in [9.17, 15) is 9.59 Å². The van der Waals surface area contributed by atoms with Crippen LogP contribution in [0.15, 0.2) is 0 Å². The Balaban J connectivity index is 3.78. The number of aliphatic carboxylic acids is 1. The van der Waals surface area contributed by atoms with Crippen molar-refractivity contribution >= 4 is 11.9 Å². The van der Waals surface area contributed by atoms with Crippen LogP contribution in [-0.4, -0.2) is 40.9 Å². The molecular weight excluding hydrogens is 190 g/mol. The molecule has 0 fully saturated rings. The van der Waals surface area contributed by atoms with Crippen molar-refractivity contribution in [2.75, 3.05) is 6.61 Å². The molecule has 0 bridgehead atoms. The number of carboxylic acid groups (broad SMARTS) is 1. The average molecular weight is 205 g/mol. The number of rotatable bonds is 6. The van der Waals surface area contributed by atoms with Gasteiger partial charge in [-0.2, -0.15) is 0 Å². The normalized spacial score (nSPS) is 14.5. The van der Waals surface area contributed by atoms with Gasteiger partial charge in [0.05, 0.1) is 6.42 Å². The molecule has 0 aliphatic rings. The third kappa shape index (κ3) is 5.50. The molecule has 0 saturated heterocycles. The predicted molar refractivity (Wildman–Crippen MR) is 47.5 cm³/mol. The van der Waals surface area contributed by atoms with Gasteiger partial charge >= 0.3 is 11.9 Å². The van der Waals surface area contributed by atoms with Gasteiger partial charge in [0.1, 0.15) is 6.61 Å². The number of esters is 1. The molecule has 1 unspecified atom stereocenters. The zero-order valence-electron chi connectivity index (χ0n) is 7.97. The number of carbonyl (C=O) groups excluding carboxylic acids is 1. The molecule has 0 heterocycles. The van der Waals surface area contributed by atoms with Crippen LogP contribution in [0.2, 0.25) is 0 Å². The molecule has 0 amide bonds. The number of hydrogen-bond donors (Lipinski definition) is 3. The van der Waals surface area contributed by atoms with E-state index in [4.69, 9.17) is 15.9 Å². The van der Waals surface area contributed by atoms with E-state index >= 15 is 0 Å². The molecule has 0 aromatic rings. The molecule has 0 spiro atoms. The number of ether oxygens (including phenoxy) is 1. The summed E-state index contributed by atoms with van der Waals surface area (Å²) in [6.07, 6.45) is -1.63. The zero-order valence-corrected chi connectivity index (χ0v) is 7.97. The van der Waals surface area contributed by atoms with Gasteiger partial charge in [-0.25, -0.2) is 4.79 Å². The Bertz CT molecular complexity index is 206. The number of nitrogens with two attached hydrogens (primary N) is 1. The minimum atomic E-state index is -1.61. The van der Waals surface area contributed by atoms with Crippen molar-refractivity contribution in [3.63, 3.8) is 0 Å². The molecule has 0 aromatic carbocycles. The molecule has 14 heavy (non-hydrogen) atoms. The first-order chi connectivity index (χ1) is 6.47. The molecule has 2 atom stereocenters. The second-order valence-corrected chi connectivity index (χ2v) is 2.91. The second kappa shape index (κ2) is 6.33. The molecule has 6 nitrogen and oxygen atoms in total. The summed E-state index contributed by atoms with van der Waals surface area (Å²) in [6.45, 7) is 1.82. The highest BCUT2D eigenvalue weighted by Gasteiger charge is 2.20. The molecule has 0 aromatic heterocycles. The van der Waals surface area contributed by atoms with E-state index in [2.05, 4.69) is 4.74 Å². The first kappa shape index (κ1) is 12.9. The smallest absolute Gasteiger partial charge is 0.335 e. The minimum absolute atomic E-state index is 0.00792. The highest BCUT2D eigenvalue weighted by molar-refractivity contribution is 5.80. The van der Waals surface area contributed by atoms with Crippen LogP contribution < -0.4 is 5.73 Å². The van der Waals surface area contributed by atoms with Gasteiger partial charge in [0.2, 0.25) is 0 Å². The van der Waals surface area contributed by atoms with E-state index < -0.39 is 24.5 Å². The molecule has 4 N–H and O–H groups in total. The fourth-order valence-corrected chi connectivity index (χ4v) is 0.652. The lowest BCUT2D eigenvalue weighted by molar-refractivity contribution is -0.158. The number of aliphatic hydroxyl groups is 1. The third-order valence-electron chi connectivity index (χ3n) is 1.60. The van der Waals surface area contributed by atoms with Gasteiger partial charge in [-0.3, -0.25) is 4.79 Å². The van der Waals surface area contributed by atoms with Crippen LogP contribution in [0.3, 0.4) is 0 Å². The fourth-order valence-electron chi connectivity index (χ4n) is 0.652. The summed E-state index contributed by atoms with van der Waals surface area (Å²) in [5.74, 6) is -2.20. The van der Waals surface area contributed by atoms with Gasteiger partial charge in [0.15, 0.2) is 6.10 Å². The van der Waals surface area contributed by atoms with Crippen molar-refractivity contribution in [1.82, 2.24) is 0 Å².